The van der Waals surface area contributed by atoms with Crippen molar-refractivity contribution in [3.8, 4) is 5.75 Å². The van der Waals surface area contributed by atoms with Gasteiger partial charge in [0.25, 0.3) is 5.91 Å². The SMILES string of the molecule is COc1ccc(CNC(=O)C(O)c2ccccc2)c(C(F)(F)F)c1. The molecule has 0 spiro atoms. The maximum Gasteiger partial charge on any atom is 0.416 e. The number of halogens is 3. The topological polar surface area (TPSA) is 58.6 Å². The van der Waals surface area contributed by atoms with Crippen molar-refractivity contribution in [1.29, 1.82) is 0 Å². The van der Waals surface area contributed by atoms with Gasteiger partial charge in [0.1, 0.15) is 5.75 Å². The normalized spacial score (nSPS) is 12.5. The van der Waals surface area contributed by atoms with Gasteiger partial charge in [-0.15, -0.1) is 0 Å². The molecule has 2 aromatic rings. The standard InChI is InChI=1S/C17H16F3NO3/c1-24-13-8-7-12(14(9-13)17(18,19)20)10-21-16(23)15(22)11-5-3-2-4-6-11/h2-9,15,22H,10H2,1H3,(H,21,23). The van der Waals surface area contributed by atoms with Crippen LogP contribution < -0.4 is 10.1 Å². The molecule has 2 N–H and O–H groups in total. The van der Waals surface area contributed by atoms with E-state index in [0.29, 0.717) is 5.56 Å². The van der Waals surface area contributed by atoms with Crippen molar-refractivity contribution in [3.05, 3.63) is 65.2 Å². The highest BCUT2D eigenvalue weighted by Crippen LogP contribution is 2.34. The number of carbonyl (C=O) groups excluding carboxylic acids is 1. The molecule has 1 amide bonds. The van der Waals surface area contributed by atoms with Crippen molar-refractivity contribution < 1.29 is 27.8 Å². The van der Waals surface area contributed by atoms with Crippen molar-refractivity contribution in [2.45, 2.75) is 18.8 Å². The number of hydrogen-bond acceptors (Lipinski definition) is 3. The smallest absolute Gasteiger partial charge is 0.416 e. The van der Waals surface area contributed by atoms with E-state index in [1.807, 2.05) is 0 Å². The zero-order valence-corrected chi connectivity index (χ0v) is 12.8. The first-order valence-corrected chi connectivity index (χ1v) is 7.07. The van der Waals surface area contributed by atoms with Crippen molar-refractivity contribution in [2.75, 3.05) is 7.11 Å². The van der Waals surface area contributed by atoms with Gasteiger partial charge in [0.2, 0.25) is 0 Å². The van der Waals surface area contributed by atoms with E-state index in [2.05, 4.69) is 5.32 Å². The van der Waals surface area contributed by atoms with Gasteiger partial charge < -0.3 is 15.2 Å². The molecule has 0 saturated carbocycles. The highest BCUT2D eigenvalue weighted by molar-refractivity contribution is 5.81. The van der Waals surface area contributed by atoms with E-state index >= 15 is 0 Å². The van der Waals surface area contributed by atoms with Crippen LogP contribution in [0.4, 0.5) is 13.2 Å². The van der Waals surface area contributed by atoms with E-state index in [1.165, 1.54) is 19.2 Å². The Morgan fingerprint density at radius 3 is 2.46 bits per heavy atom. The summed E-state index contributed by atoms with van der Waals surface area (Å²) in [6, 6.07) is 11.6. The molecule has 0 bridgehead atoms. The van der Waals surface area contributed by atoms with Crippen LogP contribution in [-0.2, 0) is 17.5 Å². The summed E-state index contributed by atoms with van der Waals surface area (Å²) in [5.74, 6) is -0.702. The van der Waals surface area contributed by atoms with Crippen LogP contribution in [0.5, 0.6) is 5.75 Å². The number of carbonyl (C=O) groups is 1. The van der Waals surface area contributed by atoms with Crippen molar-refractivity contribution in [1.82, 2.24) is 5.32 Å². The van der Waals surface area contributed by atoms with Crippen LogP contribution in [0.15, 0.2) is 48.5 Å². The molecular formula is C17H16F3NO3. The first kappa shape index (κ1) is 17.8. The third-order valence-corrected chi connectivity index (χ3v) is 3.44. The number of nitrogens with one attached hydrogen (secondary N) is 1. The number of amides is 1. The van der Waals surface area contributed by atoms with Crippen LogP contribution in [0.25, 0.3) is 0 Å². The average Bonchev–Trinajstić information content (AvgIpc) is 2.58. The molecule has 0 aliphatic carbocycles. The maximum atomic E-state index is 13.1. The summed E-state index contributed by atoms with van der Waals surface area (Å²) in [7, 11) is 1.27. The number of alkyl halides is 3. The second kappa shape index (κ2) is 7.35. The number of hydrogen-bond donors (Lipinski definition) is 2. The molecule has 2 rings (SSSR count). The Hall–Kier alpha value is -2.54. The first-order chi connectivity index (χ1) is 11.3. The predicted octanol–water partition coefficient (Wildman–Crippen LogP) is 3.06. The van der Waals surface area contributed by atoms with Crippen molar-refractivity contribution in [3.63, 3.8) is 0 Å². The average molecular weight is 339 g/mol. The summed E-state index contributed by atoms with van der Waals surface area (Å²) in [6.45, 7) is -0.360. The molecule has 128 valence electrons. The van der Waals surface area contributed by atoms with E-state index in [4.69, 9.17) is 4.74 Å². The number of aliphatic hydroxyl groups is 1. The minimum atomic E-state index is -4.58. The van der Waals surface area contributed by atoms with Gasteiger partial charge in [-0.1, -0.05) is 36.4 Å². The molecule has 24 heavy (non-hydrogen) atoms. The summed E-state index contributed by atoms with van der Waals surface area (Å²) in [6.07, 6.45) is -6.02. The second-order valence-corrected chi connectivity index (χ2v) is 5.05. The van der Waals surface area contributed by atoms with Gasteiger partial charge in [-0.2, -0.15) is 13.2 Å². The Labute approximate surface area is 136 Å². The summed E-state index contributed by atoms with van der Waals surface area (Å²) >= 11 is 0. The van der Waals surface area contributed by atoms with Gasteiger partial charge >= 0.3 is 6.18 Å². The Balaban J connectivity index is 2.13. The molecule has 0 aliphatic heterocycles. The van der Waals surface area contributed by atoms with Gasteiger partial charge in [0, 0.05) is 6.54 Å². The van der Waals surface area contributed by atoms with E-state index < -0.39 is 23.8 Å². The lowest BCUT2D eigenvalue weighted by molar-refractivity contribution is -0.139. The molecule has 0 fully saturated rings. The van der Waals surface area contributed by atoms with Crippen LogP contribution in [-0.4, -0.2) is 18.1 Å². The zero-order valence-electron chi connectivity index (χ0n) is 12.8. The summed E-state index contributed by atoms with van der Waals surface area (Å²) in [5.41, 5.74) is -0.644. The van der Waals surface area contributed by atoms with Crippen molar-refractivity contribution in [2.24, 2.45) is 0 Å². The van der Waals surface area contributed by atoms with Crippen LogP contribution in [0.1, 0.15) is 22.8 Å². The third kappa shape index (κ3) is 4.26. The lowest BCUT2D eigenvalue weighted by Gasteiger charge is -2.16. The highest BCUT2D eigenvalue weighted by atomic mass is 19.4. The van der Waals surface area contributed by atoms with Gasteiger partial charge in [-0.25, -0.2) is 0 Å². The largest absolute Gasteiger partial charge is 0.497 e. The lowest BCUT2D eigenvalue weighted by atomic mass is 10.1. The molecule has 2 aromatic carbocycles. The van der Waals surface area contributed by atoms with Gasteiger partial charge in [0.05, 0.1) is 12.7 Å². The fourth-order valence-electron chi connectivity index (χ4n) is 2.17. The molecule has 0 saturated heterocycles. The molecule has 1 unspecified atom stereocenters. The summed E-state index contributed by atoms with van der Waals surface area (Å²) < 4.78 is 44.1. The maximum absolute atomic E-state index is 13.1. The Morgan fingerprint density at radius 1 is 1.21 bits per heavy atom. The minimum absolute atomic E-state index is 0.0710. The Morgan fingerprint density at radius 2 is 1.88 bits per heavy atom. The summed E-state index contributed by atoms with van der Waals surface area (Å²) in [4.78, 5) is 11.9. The Bertz CT molecular complexity index is 702. The van der Waals surface area contributed by atoms with E-state index in [-0.39, 0.29) is 17.9 Å². The first-order valence-electron chi connectivity index (χ1n) is 7.07. The van der Waals surface area contributed by atoms with Gasteiger partial charge in [0.15, 0.2) is 6.10 Å². The molecule has 0 heterocycles. The number of benzene rings is 2. The monoisotopic (exact) mass is 339 g/mol. The van der Waals surface area contributed by atoms with Gasteiger partial charge in [-0.3, -0.25) is 4.79 Å². The van der Waals surface area contributed by atoms with Gasteiger partial charge in [-0.05, 0) is 23.3 Å². The summed E-state index contributed by atoms with van der Waals surface area (Å²) in [5, 5.41) is 12.2. The number of aliphatic hydroxyl groups excluding tert-OH is 1. The molecule has 0 radical (unpaired) electrons. The molecule has 7 heteroatoms. The molecule has 4 nitrogen and oxygen atoms in total. The van der Waals surface area contributed by atoms with E-state index in [9.17, 15) is 23.1 Å². The van der Waals surface area contributed by atoms with Crippen molar-refractivity contribution >= 4 is 5.91 Å². The fraction of sp³-hybridized carbons (Fsp3) is 0.235. The number of ether oxygens (including phenoxy) is 1. The van der Waals surface area contributed by atoms with Crippen LogP contribution in [0.2, 0.25) is 0 Å². The number of methoxy groups -OCH3 is 1. The predicted molar refractivity (Wildman–Crippen MR) is 81.2 cm³/mol. The molecule has 0 aromatic heterocycles. The zero-order chi connectivity index (χ0) is 17.7. The van der Waals surface area contributed by atoms with Crippen LogP contribution in [0, 0.1) is 0 Å². The molecule has 0 aliphatic rings. The quantitative estimate of drug-likeness (QED) is 0.880. The Kier molecular flexibility index (Phi) is 5.46. The molecule has 1 atom stereocenters. The lowest BCUT2D eigenvalue weighted by Crippen LogP contribution is -2.29. The highest BCUT2D eigenvalue weighted by Gasteiger charge is 2.34. The second-order valence-electron chi connectivity index (χ2n) is 5.05. The molecular weight excluding hydrogens is 323 g/mol. The van der Waals surface area contributed by atoms with Crippen LogP contribution >= 0.6 is 0 Å². The fourth-order valence-corrected chi connectivity index (χ4v) is 2.17. The van der Waals surface area contributed by atoms with Crippen LogP contribution in [0.3, 0.4) is 0 Å². The minimum Gasteiger partial charge on any atom is -0.497 e. The third-order valence-electron chi connectivity index (χ3n) is 3.44. The number of rotatable bonds is 5. The van der Waals surface area contributed by atoms with E-state index in [1.54, 1.807) is 30.3 Å². The van der Waals surface area contributed by atoms with E-state index in [0.717, 1.165) is 6.07 Å².